The number of aryl methyl sites for hydroxylation is 1. The third-order valence-electron chi connectivity index (χ3n) is 5.10. The van der Waals surface area contributed by atoms with Gasteiger partial charge in [-0.05, 0) is 48.9 Å². The van der Waals surface area contributed by atoms with Crippen LogP contribution in [0.1, 0.15) is 5.56 Å². The molecule has 7 nitrogen and oxygen atoms in total. The largest absolute Gasteiger partial charge is 0.508 e. The fourth-order valence-corrected chi connectivity index (χ4v) is 4.14. The van der Waals surface area contributed by atoms with Crippen LogP contribution in [0.15, 0.2) is 47.7 Å². The van der Waals surface area contributed by atoms with Gasteiger partial charge in [-0.1, -0.05) is 19.6 Å². The van der Waals surface area contributed by atoms with Crippen LogP contribution in [0.5, 0.6) is 5.75 Å². The summed E-state index contributed by atoms with van der Waals surface area (Å²) in [5.74, 6) is 0.503. The zero-order valence-corrected chi connectivity index (χ0v) is 18.7. The van der Waals surface area contributed by atoms with Crippen molar-refractivity contribution in [3.63, 3.8) is 0 Å². The van der Waals surface area contributed by atoms with Crippen LogP contribution in [0, 0.1) is 6.92 Å². The molecule has 4 aromatic rings. The summed E-state index contributed by atoms with van der Waals surface area (Å²) in [6.07, 6.45) is 3.63. The second-order valence-corrected chi connectivity index (χ2v) is 14.4. The molecule has 0 fully saturated rings. The molecule has 0 bridgehead atoms. The fourth-order valence-electron chi connectivity index (χ4n) is 3.39. The Morgan fingerprint density at radius 2 is 2.00 bits per heavy atom. The molecule has 0 unspecified atom stereocenters. The summed E-state index contributed by atoms with van der Waals surface area (Å²) < 4.78 is 9.29. The molecule has 3 heterocycles. The molecule has 0 aliphatic heterocycles. The van der Waals surface area contributed by atoms with Gasteiger partial charge >= 0.3 is 0 Å². The van der Waals surface area contributed by atoms with E-state index in [0.29, 0.717) is 29.0 Å². The first kappa shape index (κ1) is 20.3. The highest BCUT2D eigenvalue weighted by molar-refractivity contribution is 6.76. The molecule has 1 aromatic carbocycles. The van der Waals surface area contributed by atoms with Crippen molar-refractivity contribution >= 4 is 24.5 Å². The second-order valence-electron chi connectivity index (χ2n) is 8.79. The van der Waals surface area contributed by atoms with E-state index in [1.165, 1.54) is 10.6 Å². The molecular weight excluding hydrogens is 396 g/mol. The van der Waals surface area contributed by atoms with Crippen molar-refractivity contribution in [3.8, 4) is 17.3 Å². The third kappa shape index (κ3) is 4.01. The predicted octanol–water partition coefficient (Wildman–Crippen LogP) is 4.04. The molecule has 4 rings (SSSR count). The summed E-state index contributed by atoms with van der Waals surface area (Å²) in [4.78, 5) is 22.6. The first-order chi connectivity index (χ1) is 14.2. The van der Waals surface area contributed by atoms with Gasteiger partial charge in [-0.25, -0.2) is 9.97 Å². The van der Waals surface area contributed by atoms with Crippen molar-refractivity contribution in [1.82, 2.24) is 18.9 Å². The highest BCUT2D eigenvalue weighted by Crippen LogP contribution is 2.24. The Bertz CT molecular complexity index is 1290. The lowest BCUT2D eigenvalue weighted by atomic mass is 10.1. The Labute approximate surface area is 175 Å². The second kappa shape index (κ2) is 7.70. The van der Waals surface area contributed by atoms with Gasteiger partial charge in [0.25, 0.3) is 5.56 Å². The standard InChI is InChI=1S/C22H26N4O3Si/c1-15-10-17(27)12-18-20(15)24-21(19-11-16-6-5-7-25(16)13-23-19)26(22(18)28)14-29-8-9-30(2,3)4/h5-7,10-13,27H,8-9,14H2,1-4H3. The van der Waals surface area contributed by atoms with E-state index in [1.54, 1.807) is 12.4 Å². The van der Waals surface area contributed by atoms with Crippen LogP contribution in [0.3, 0.4) is 0 Å². The average molecular weight is 423 g/mol. The van der Waals surface area contributed by atoms with E-state index in [-0.39, 0.29) is 18.0 Å². The number of hydrogen-bond donors (Lipinski definition) is 1. The number of aromatic nitrogens is 4. The Balaban J connectivity index is 1.84. The lowest BCUT2D eigenvalue weighted by molar-refractivity contribution is 0.0856. The van der Waals surface area contributed by atoms with Crippen LogP contribution in [-0.4, -0.2) is 38.7 Å². The number of nitrogens with zero attached hydrogens (tertiary/aromatic N) is 4. The van der Waals surface area contributed by atoms with Crippen molar-refractivity contribution in [2.45, 2.75) is 39.3 Å². The topological polar surface area (TPSA) is 81.6 Å². The minimum atomic E-state index is -1.24. The van der Waals surface area contributed by atoms with Gasteiger partial charge < -0.3 is 14.2 Å². The van der Waals surface area contributed by atoms with Gasteiger partial charge in [0.05, 0.1) is 17.2 Å². The Morgan fingerprint density at radius 1 is 1.20 bits per heavy atom. The number of ether oxygens (including phenoxy) is 1. The molecule has 0 aliphatic rings. The van der Waals surface area contributed by atoms with Gasteiger partial charge in [-0.2, -0.15) is 0 Å². The fraction of sp³-hybridized carbons (Fsp3) is 0.318. The summed E-state index contributed by atoms with van der Waals surface area (Å²) in [6, 6.07) is 9.89. The minimum Gasteiger partial charge on any atom is -0.508 e. The van der Waals surface area contributed by atoms with Gasteiger partial charge in [0.15, 0.2) is 5.82 Å². The molecule has 0 aliphatic carbocycles. The van der Waals surface area contributed by atoms with Crippen molar-refractivity contribution in [1.29, 1.82) is 0 Å². The summed E-state index contributed by atoms with van der Waals surface area (Å²) in [5.41, 5.74) is 2.60. The molecule has 0 saturated heterocycles. The number of hydrogen-bond acceptors (Lipinski definition) is 5. The third-order valence-corrected chi connectivity index (χ3v) is 6.80. The molecule has 8 heteroatoms. The smallest absolute Gasteiger partial charge is 0.263 e. The van der Waals surface area contributed by atoms with E-state index in [9.17, 15) is 9.90 Å². The van der Waals surface area contributed by atoms with Crippen LogP contribution < -0.4 is 5.56 Å². The number of aromatic hydroxyl groups is 1. The quantitative estimate of drug-likeness (QED) is 0.375. The Kier molecular flexibility index (Phi) is 5.21. The molecular formula is C22H26N4O3Si. The normalized spacial score (nSPS) is 12.1. The Morgan fingerprint density at radius 3 is 2.77 bits per heavy atom. The van der Waals surface area contributed by atoms with E-state index in [0.717, 1.165) is 17.1 Å². The van der Waals surface area contributed by atoms with E-state index in [4.69, 9.17) is 9.72 Å². The van der Waals surface area contributed by atoms with Crippen LogP contribution >= 0.6 is 0 Å². The molecule has 30 heavy (non-hydrogen) atoms. The van der Waals surface area contributed by atoms with Crippen LogP contribution in [0.2, 0.25) is 25.7 Å². The van der Waals surface area contributed by atoms with E-state index in [2.05, 4.69) is 24.6 Å². The molecule has 0 amide bonds. The van der Waals surface area contributed by atoms with E-state index < -0.39 is 8.07 Å². The highest BCUT2D eigenvalue weighted by atomic mass is 28.3. The van der Waals surface area contributed by atoms with Gasteiger partial charge in [0.2, 0.25) is 0 Å². The number of fused-ring (bicyclic) bond motifs is 2. The van der Waals surface area contributed by atoms with Crippen LogP contribution in [0.25, 0.3) is 27.9 Å². The first-order valence-corrected chi connectivity index (χ1v) is 13.7. The van der Waals surface area contributed by atoms with Crippen LogP contribution in [-0.2, 0) is 11.5 Å². The van der Waals surface area contributed by atoms with Crippen molar-refractivity contribution in [2.75, 3.05) is 6.61 Å². The van der Waals surface area contributed by atoms with Crippen molar-refractivity contribution < 1.29 is 9.84 Å². The minimum absolute atomic E-state index is 0.0468. The first-order valence-electron chi connectivity index (χ1n) is 9.98. The zero-order valence-electron chi connectivity index (χ0n) is 17.7. The summed E-state index contributed by atoms with van der Waals surface area (Å²) >= 11 is 0. The molecule has 156 valence electrons. The highest BCUT2D eigenvalue weighted by Gasteiger charge is 2.17. The lowest BCUT2D eigenvalue weighted by Crippen LogP contribution is -2.27. The van der Waals surface area contributed by atoms with Crippen LogP contribution in [0.4, 0.5) is 0 Å². The van der Waals surface area contributed by atoms with Gasteiger partial charge in [-0.3, -0.25) is 9.36 Å². The van der Waals surface area contributed by atoms with Gasteiger partial charge in [0.1, 0.15) is 18.2 Å². The maximum absolute atomic E-state index is 13.3. The van der Waals surface area contributed by atoms with Gasteiger partial charge in [0, 0.05) is 26.4 Å². The number of benzene rings is 1. The molecule has 0 atom stereocenters. The van der Waals surface area contributed by atoms with Crippen molar-refractivity contribution in [2.24, 2.45) is 0 Å². The average Bonchev–Trinajstić information content (AvgIpc) is 3.14. The number of rotatable bonds is 6. The van der Waals surface area contributed by atoms with Gasteiger partial charge in [-0.15, -0.1) is 0 Å². The zero-order chi connectivity index (χ0) is 21.5. The maximum Gasteiger partial charge on any atom is 0.263 e. The maximum atomic E-state index is 13.3. The van der Waals surface area contributed by atoms with E-state index in [1.807, 2.05) is 35.7 Å². The number of phenols is 1. The Hall–Kier alpha value is -2.97. The predicted molar refractivity (Wildman–Crippen MR) is 121 cm³/mol. The molecule has 3 aromatic heterocycles. The molecule has 0 spiro atoms. The molecule has 1 N–H and O–H groups in total. The van der Waals surface area contributed by atoms with Crippen molar-refractivity contribution in [3.05, 3.63) is 58.8 Å². The number of phenolic OH excluding ortho intramolecular Hbond substituents is 1. The SMILES string of the molecule is Cc1cc(O)cc2c(=O)n(COCC[Si](C)(C)C)c(-c3cc4cccn4cn3)nc12. The molecule has 0 radical (unpaired) electrons. The molecule has 0 saturated carbocycles. The monoisotopic (exact) mass is 422 g/mol. The summed E-state index contributed by atoms with van der Waals surface area (Å²) in [6.45, 7) is 9.36. The summed E-state index contributed by atoms with van der Waals surface area (Å²) in [7, 11) is -1.24. The summed E-state index contributed by atoms with van der Waals surface area (Å²) in [5, 5.41) is 10.4. The lowest BCUT2D eigenvalue weighted by Gasteiger charge is -2.17. The van der Waals surface area contributed by atoms with E-state index >= 15 is 0 Å².